The van der Waals surface area contributed by atoms with Crippen molar-refractivity contribution >= 4 is 17.8 Å². The smallest absolute Gasteiger partial charge is 0.309 e. The summed E-state index contributed by atoms with van der Waals surface area (Å²) in [5.41, 5.74) is 0.376. The molecule has 3 N–H and O–H groups in total. The van der Waals surface area contributed by atoms with Crippen molar-refractivity contribution in [2.24, 2.45) is 5.92 Å². The highest BCUT2D eigenvalue weighted by Crippen LogP contribution is 2.36. The second-order valence-corrected chi connectivity index (χ2v) is 7.52. The van der Waals surface area contributed by atoms with E-state index in [2.05, 4.69) is 15.5 Å². The van der Waals surface area contributed by atoms with Crippen molar-refractivity contribution in [2.75, 3.05) is 26.7 Å². The summed E-state index contributed by atoms with van der Waals surface area (Å²) in [6.07, 6.45) is 1.65. The quantitative estimate of drug-likeness (QED) is 0.635. The number of ether oxygens (including phenoxy) is 1. The standard InChI is InChI=1S/C20H27N3O5/c1-28-15-4-2-14(3-5-15)13-21-17(24)6-9-23-10-7-20(8-11-23)16(19(26)27)12-18(25)22-20/h2-5,16H,6-13H2,1H3,(H,21,24)(H,22,25)(H,26,27)/t16-/m1/s1. The average molecular weight is 389 g/mol. The van der Waals surface area contributed by atoms with E-state index in [1.165, 1.54) is 0 Å². The summed E-state index contributed by atoms with van der Waals surface area (Å²) in [4.78, 5) is 37.5. The van der Waals surface area contributed by atoms with Gasteiger partial charge in [0.2, 0.25) is 11.8 Å². The fraction of sp³-hybridized carbons (Fsp3) is 0.550. The van der Waals surface area contributed by atoms with E-state index in [4.69, 9.17) is 4.74 Å². The maximum atomic E-state index is 12.1. The largest absolute Gasteiger partial charge is 0.497 e. The maximum absolute atomic E-state index is 12.1. The molecule has 1 aromatic rings. The van der Waals surface area contributed by atoms with Crippen LogP contribution in [0.1, 0.15) is 31.2 Å². The van der Waals surface area contributed by atoms with Crippen molar-refractivity contribution in [3.8, 4) is 5.75 Å². The summed E-state index contributed by atoms with van der Waals surface area (Å²) in [5.74, 6) is -0.992. The molecule has 1 aromatic carbocycles. The van der Waals surface area contributed by atoms with Crippen LogP contribution in [0.2, 0.25) is 0 Å². The zero-order valence-electron chi connectivity index (χ0n) is 16.1. The van der Waals surface area contributed by atoms with E-state index in [9.17, 15) is 19.5 Å². The monoisotopic (exact) mass is 389 g/mol. The molecular weight excluding hydrogens is 362 g/mol. The van der Waals surface area contributed by atoms with Crippen LogP contribution in [0.5, 0.6) is 5.75 Å². The lowest BCUT2D eigenvalue weighted by Gasteiger charge is -2.41. The first-order valence-corrected chi connectivity index (χ1v) is 9.58. The van der Waals surface area contributed by atoms with Crippen LogP contribution in [0.4, 0.5) is 0 Å². The molecule has 28 heavy (non-hydrogen) atoms. The predicted molar refractivity (Wildman–Crippen MR) is 102 cm³/mol. The summed E-state index contributed by atoms with van der Waals surface area (Å²) >= 11 is 0. The van der Waals surface area contributed by atoms with Crippen molar-refractivity contribution in [1.29, 1.82) is 0 Å². The van der Waals surface area contributed by atoms with Gasteiger partial charge in [-0.1, -0.05) is 12.1 Å². The SMILES string of the molecule is COc1ccc(CNC(=O)CCN2CCC3(CC2)NC(=O)C[C@@H]3C(=O)O)cc1. The van der Waals surface area contributed by atoms with Crippen LogP contribution in [0.15, 0.2) is 24.3 Å². The number of methoxy groups -OCH3 is 1. The van der Waals surface area contributed by atoms with Gasteiger partial charge in [0.1, 0.15) is 5.75 Å². The molecule has 8 nitrogen and oxygen atoms in total. The Morgan fingerprint density at radius 2 is 1.96 bits per heavy atom. The Bertz CT molecular complexity index is 726. The Hall–Kier alpha value is -2.61. The molecule has 8 heteroatoms. The average Bonchev–Trinajstić information content (AvgIpc) is 3.02. The number of nitrogens with one attached hydrogen (secondary N) is 2. The lowest BCUT2D eigenvalue weighted by Crippen LogP contribution is -2.55. The number of carboxylic acid groups (broad SMARTS) is 1. The van der Waals surface area contributed by atoms with E-state index in [0.717, 1.165) is 11.3 Å². The minimum atomic E-state index is -0.912. The third-order valence-electron chi connectivity index (χ3n) is 5.80. The van der Waals surface area contributed by atoms with Gasteiger partial charge in [-0.15, -0.1) is 0 Å². The summed E-state index contributed by atoms with van der Waals surface area (Å²) in [6.45, 7) is 2.44. The number of hydrogen-bond acceptors (Lipinski definition) is 5. The van der Waals surface area contributed by atoms with Crippen LogP contribution in [0.25, 0.3) is 0 Å². The molecule has 0 aliphatic carbocycles. The van der Waals surface area contributed by atoms with Crippen LogP contribution in [0.3, 0.4) is 0 Å². The normalized spacial score (nSPS) is 21.3. The van der Waals surface area contributed by atoms with Gasteiger partial charge in [-0.2, -0.15) is 0 Å². The van der Waals surface area contributed by atoms with E-state index in [0.29, 0.717) is 45.4 Å². The number of hydrogen-bond donors (Lipinski definition) is 3. The second kappa shape index (κ2) is 8.60. The third kappa shape index (κ3) is 4.62. The first kappa shape index (κ1) is 20.1. The molecule has 2 fully saturated rings. The van der Waals surface area contributed by atoms with E-state index in [1.807, 2.05) is 24.3 Å². The van der Waals surface area contributed by atoms with Crippen molar-refractivity contribution in [1.82, 2.24) is 15.5 Å². The highest BCUT2D eigenvalue weighted by Gasteiger charge is 2.51. The van der Waals surface area contributed by atoms with Gasteiger partial charge in [-0.3, -0.25) is 14.4 Å². The van der Waals surface area contributed by atoms with Crippen LogP contribution in [-0.4, -0.2) is 60.1 Å². The Morgan fingerprint density at radius 1 is 1.29 bits per heavy atom. The van der Waals surface area contributed by atoms with Crippen LogP contribution in [0, 0.1) is 5.92 Å². The molecule has 0 aromatic heterocycles. The summed E-state index contributed by atoms with van der Waals surface area (Å²) < 4.78 is 5.11. The van der Waals surface area contributed by atoms with Gasteiger partial charge in [-0.25, -0.2) is 0 Å². The van der Waals surface area contributed by atoms with Crippen molar-refractivity contribution < 1.29 is 24.2 Å². The summed E-state index contributed by atoms with van der Waals surface area (Å²) in [7, 11) is 1.61. The minimum absolute atomic E-state index is 0.0197. The number of rotatable bonds is 7. The van der Waals surface area contributed by atoms with E-state index >= 15 is 0 Å². The van der Waals surface area contributed by atoms with Gasteiger partial charge in [0.15, 0.2) is 0 Å². The topological polar surface area (TPSA) is 108 Å². The Morgan fingerprint density at radius 3 is 2.57 bits per heavy atom. The molecule has 2 saturated heterocycles. The number of carboxylic acids is 1. The fourth-order valence-corrected chi connectivity index (χ4v) is 4.06. The van der Waals surface area contributed by atoms with Gasteiger partial charge in [0.25, 0.3) is 0 Å². The molecule has 1 atom stereocenters. The van der Waals surface area contributed by atoms with Gasteiger partial charge < -0.3 is 25.4 Å². The molecule has 0 bridgehead atoms. The zero-order chi connectivity index (χ0) is 20.1. The molecule has 1 spiro atoms. The molecule has 3 rings (SSSR count). The summed E-state index contributed by atoms with van der Waals surface area (Å²) in [5, 5.41) is 15.2. The highest BCUT2D eigenvalue weighted by atomic mass is 16.5. The molecule has 152 valence electrons. The maximum Gasteiger partial charge on any atom is 0.309 e. The van der Waals surface area contributed by atoms with Crippen molar-refractivity contribution in [2.45, 2.75) is 37.8 Å². The molecule has 2 heterocycles. The van der Waals surface area contributed by atoms with Gasteiger partial charge in [0, 0.05) is 39.0 Å². The highest BCUT2D eigenvalue weighted by molar-refractivity contribution is 5.88. The van der Waals surface area contributed by atoms with Crippen LogP contribution < -0.4 is 15.4 Å². The number of piperidine rings is 1. The number of amides is 2. The first-order valence-electron chi connectivity index (χ1n) is 9.58. The van der Waals surface area contributed by atoms with E-state index < -0.39 is 17.4 Å². The molecule has 2 aliphatic rings. The number of carbonyl (C=O) groups is 3. The van der Waals surface area contributed by atoms with Gasteiger partial charge in [0.05, 0.1) is 18.6 Å². The van der Waals surface area contributed by atoms with Crippen molar-refractivity contribution in [3.05, 3.63) is 29.8 Å². The Labute approximate surface area is 164 Å². The second-order valence-electron chi connectivity index (χ2n) is 7.52. The molecule has 2 aliphatic heterocycles. The zero-order valence-corrected chi connectivity index (χ0v) is 16.1. The Kier molecular flexibility index (Phi) is 6.18. The van der Waals surface area contributed by atoms with Crippen LogP contribution >= 0.6 is 0 Å². The predicted octanol–water partition coefficient (Wildman–Crippen LogP) is 0.757. The van der Waals surface area contributed by atoms with Crippen LogP contribution in [-0.2, 0) is 20.9 Å². The van der Waals surface area contributed by atoms with Gasteiger partial charge in [-0.05, 0) is 30.5 Å². The lowest BCUT2D eigenvalue weighted by molar-refractivity contribution is -0.144. The minimum Gasteiger partial charge on any atom is -0.497 e. The number of likely N-dealkylation sites (tertiary alicyclic amines) is 1. The molecule has 0 saturated carbocycles. The third-order valence-corrected chi connectivity index (χ3v) is 5.80. The molecule has 0 radical (unpaired) electrons. The number of benzene rings is 1. The molecular formula is C20H27N3O5. The fourth-order valence-electron chi connectivity index (χ4n) is 4.06. The lowest BCUT2D eigenvalue weighted by atomic mass is 9.77. The number of carbonyl (C=O) groups excluding carboxylic acids is 2. The van der Waals surface area contributed by atoms with Crippen molar-refractivity contribution in [3.63, 3.8) is 0 Å². The van der Waals surface area contributed by atoms with E-state index in [-0.39, 0.29) is 18.2 Å². The number of aliphatic carboxylic acids is 1. The molecule has 2 amide bonds. The molecule has 0 unspecified atom stereocenters. The number of nitrogens with zero attached hydrogens (tertiary/aromatic N) is 1. The summed E-state index contributed by atoms with van der Waals surface area (Å²) in [6, 6.07) is 7.55. The first-order chi connectivity index (χ1) is 13.4. The van der Waals surface area contributed by atoms with E-state index in [1.54, 1.807) is 7.11 Å². The van der Waals surface area contributed by atoms with Gasteiger partial charge >= 0.3 is 5.97 Å². The Balaban J connectivity index is 1.40.